The fourth-order valence-electron chi connectivity index (χ4n) is 1.67. The van der Waals surface area contributed by atoms with Crippen molar-refractivity contribution >= 4 is 0 Å². The second-order valence-corrected chi connectivity index (χ2v) is 4.21. The van der Waals surface area contributed by atoms with Crippen LogP contribution in [-0.4, -0.2) is 22.1 Å². The van der Waals surface area contributed by atoms with E-state index in [0.717, 1.165) is 12.1 Å². The van der Waals surface area contributed by atoms with Gasteiger partial charge in [-0.1, -0.05) is 30.0 Å². The van der Waals surface area contributed by atoms with Crippen LogP contribution in [0, 0.1) is 11.8 Å². The Morgan fingerprint density at radius 1 is 1.33 bits per heavy atom. The van der Waals surface area contributed by atoms with Gasteiger partial charge in [0.1, 0.15) is 0 Å². The Kier molecular flexibility index (Phi) is 4.57. The second-order valence-electron chi connectivity index (χ2n) is 4.21. The first-order valence-electron chi connectivity index (χ1n) is 6.07. The molecular formula is C15H17N3. The summed E-state index contributed by atoms with van der Waals surface area (Å²) < 4.78 is 2.06. The van der Waals surface area contributed by atoms with Gasteiger partial charge in [0.15, 0.2) is 0 Å². The van der Waals surface area contributed by atoms with Gasteiger partial charge in [-0.05, 0) is 19.1 Å². The predicted molar refractivity (Wildman–Crippen MR) is 73.0 cm³/mol. The van der Waals surface area contributed by atoms with Crippen molar-refractivity contribution < 1.29 is 0 Å². The zero-order chi connectivity index (χ0) is 12.6. The largest absolute Gasteiger partial charge is 0.336 e. The van der Waals surface area contributed by atoms with Gasteiger partial charge in [-0.2, -0.15) is 0 Å². The van der Waals surface area contributed by atoms with Crippen molar-refractivity contribution in [3.05, 3.63) is 54.6 Å². The topological polar surface area (TPSA) is 29.9 Å². The van der Waals surface area contributed by atoms with E-state index in [0.29, 0.717) is 12.6 Å². The monoisotopic (exact) mass is 239 g/mol. The molecule has 1 unspecified atom stereocenters. The molecule has 3 nitrogen and oxygen atoms in total. The van der Waals surface area contributed by atoms with E-state index in [1.165, 1.54) is 0 Å². The third-order valence-corrected chi connectivity index (χ3v) is 2.59. The molecule has 0 spiro atoms. The van der Waals surface area contributed by atoms with Crippen LogP contribution in [0.1, 0.15) is 12.5 Å². The maximum absolute atomic E-state index is 4.02. The first kappa shape index (κ1) is 12.4. The number of rotatable bonds is 4. The standard InChI is InChI=1S/C15H17N3/c1-14(12-18-11-10-16-13-18)17-9-5-8-15-6-3-2-4-7-15/h2-4,6-7,10-11,13-14,17H,9,12H2,1H3. The van der Waals surface area contributed by atoms with Gasteiger partial charge in [0, 0.05) is 30.5 Å². The van der Waals surface area contributed by atoms with Crippen LogP contribution in [0.25, 0.3) is 0 Å². The minimum atomic E-state index is 0.379. The lowest BCUT2D eigenvalue weighted by Gasteiger charge is -2.11. The molecule has 0 fully saturated rings. The molecule has 1 aromatic heterocycles. The summed E-state index contributed by atoms with van der Waals surface area (Å²) in [5.41, 5.74) is 1.06. The normalized spacial score (nSPS) is 11.6. The van der Waals surface area contributed by atoms with Gasteiger partial charge in [-0.25, -0.2) is 4.98 Å². The summed E-state index contributed by atoms with van der Waals surface area (Å²) in [6.07, 6.45) is 5.59. The van der Waals surface area contributed by atoms with E-state index in [2.05, 4.69) is 33.6 Å². The Bertz CT molecular complexity index is 506. The highest BCUT2D eigenvalue weighted by Gasteiger charge is 1.99. The van der Waals surface area contributed by atoms with E-state index < -0.39 is 0 Å². The summed E-state index contributed by atoms with van der Waals surface area (Å²) >= 11 is 0. The average Bonchev–Trinajstić information content (AvgIpc) is 2.89. The molecule has 1 heterocycles. The lowest BCUT2D eigenvalue weighted by molar-refractivity contribution is 0.501. The Labute approximate surface area is 108 Å². The molecule has 0 radical (unpaired) electrons. The van der Waals surface area contributed by atoms with Crippen LogP contribution < -0.4 is 5.32 Å². The first-order valence-corrected chi connectivity index (χ1v) is 6.07. The maximum atomic E-state index is 4.02. The van der Waals surface area contributed by atoms with Gasteiger partial charge < -0.3 is 9.88 Å². The summed E-state index contributed by atoms with van der Waals surface area (Å²) in [4.78, 5) is 4.02. The first-order chi connectivity index (χ1) is 8.84. The third kappa shape index (κ3) is 4.08. The van der Waals surface area contributed by atoms with Crippen molar-refractivity contribution in [2.45, 2.75) is 19.5 Å². The molecule has 1 N–H and O–H groups in total. The number of aromatic nitrogens is 2. The molecule has 3 heteroatoms. The number of nitrogens with one attached hydrogen (secondary N) is 1. The van der Waals surface area contributed by atoms with E-state index >= 15 is 0 Å². The molecule has 0 saturated carbocycles. The molecule has 2 aromatic rings. The van der Waals surface area contributed by atoms with E-state index in [1.54, 1.807) is 6.20 Å². The fourth-order valence-corrected chi connectivity index (χ4v) is 1.67. The minimum Gasteiger partial charge on any atom is -0.336 e. The Morgan fingerprint density at radius 3 is 2.89 bits per heavy atom. The molecule has 0 bridgehead atoms. The molecule has 0 saturated heterocycles. The van der Waals surface area contributed by atoms with Gasteiger partial charge in [-0.15, -0.1) is 0 Å². The summed E-state index contributed by atoms with van der Waals surface area (Å²) in [7, 11) is 0. The van der Waals surface area contributed by atoms with Crippen molar-refractivity contribution in [2.24, 2.45) is 0 Å². The number of hydrogen-bond donors (Lipinski definition) is 1. The highest BCUT2D eigenvalue weighted by molar-refractivity contribution is 5.33. The quantitative estimate of drug-likeness (QED) is 0.826. The van der Waals surface area contributed by atoms with Crippen molar-refractivity contribution in [1.82, 2.24) is 14.9 Å². The van der Waals surface area contributed by atoms with Crippen molar-refractivity contribution in [3.8, 4) is 11.8 Å². The van der Waals surface area contributed by atoms with Crippen molar-refractivity contribution in [1.29, 1.82) is 0 Å². The van der Waals surface area contributed by atoms with Crippen LogP contribution in [0.15, 0.2) is 49.1 Å². The predicted octanol–water partition coefficient (Wildman–Crippen LogP) is 1.91. The maximum Gasteiger partial charge on any atom is 0.0946 e. The van der Waals surface area contributed by atoms with Crippen LogP contribution >= 0.6 is 0 Å². The van der Waals surface area contributed by atoms with E-state index in [9.17, 15) is 0 Å². The second kappa shape index (κ2) is 6.63. The van der Waals surface area contributed by atoms with Crippen molar-refractivity contribution in [3.63, 3.8) is 0 Å². The average molecular weight is 239 g/mol. The number of imidazole rings is 1. The fraction of sp³-hybridized carbons (Fsp3) is 0.267. The molecule has 0 aliphatic rings. The number of benzene rings is 1. The van der Waals surface area contributed by atoms with E-state index in [-0.39, 0.29) is 0 Å². The number of hydrogen-bond acceptors (Lipinski definition) is 2. The van der Waals surface area contributed by atoms with E-state index in [4.69, 9.17) is 0 Å². The molecule has 0 aliphatic heterocycles. The van der Waals surface area contributed by atoms with E-state index in [1.807, 2.05) is 42.9 Å². The van der Waals surface area contributed by atoms with Crippen LogP contribution in [-0.2, 0) is 6.54 Å². The zero-order valence-electron chi connectivity index (χ0n) is 10.5. The summed E-state index contributed by atoms with van der Waals surface area (Å²) in [5.74, 6) is 6.25. The van der Waals surface area contributed by atoms with Crippen molar-refractivity contribution in [2.75, 3.05) is 6.54 Å². The molecule has 1 atom stereocenters. The van der Waals surface area contributed by atoms with Crippen LogP contribution in [0.2, 0.25) is 0 Å². The molecule has 2 rings (SSSR count). The molecule has 0 amide bonds. The van der Waals surface area contributed by atoms with Gasteiger partial charge in [0.25, 0.3) is 0 Å². The van der Waals surface area contributed by atoms with Gasteiger partial charge in [0.05, 0.1) is 12.9 Å². The molecule has 92 valence electrons. The Hall–Kier alpha value is -2.05. The Morgan fingerprint density at radius 2 is 2.17 bits per heavy atom. The lowest BCUT2D eigenvalue weighted by atomic mass is 10.2. The summed E-state index contributed by atoms with van der Waals surface area (Å²) in [6.45, 7) is 3.75. The number of nitrogens with zero attached hydrogens (tertiary/aromatic N) is 2. The summed E-state index contributed by atoms with van der Waals surface area (Å²) in [6, 6.07) is 10.4. The molecule has 18 heavy (non-hydrogen) atoms. The smallest absolute Gasteiger partial charge is 0.0946 e. The van der Waals surface area contributed by atoms with Gasteiger partial charge in [-0.3, -0.25) is 0 Å². The van der Waals surface area contributed by atoms with Crippen LogP contribution in [0.4, 0.5) is 0 Å². The summed E-state index contributed by atoms with van der Waals surface area (Å²) in [5, 5.41) is 3.37. The highest BCUT2D eigenvalue weighted by Crippen LogP contribution is 1.94. The van der Waals surface area contributed by atoms with Gasteiger partial charge >= 0.3 is 0 Å². The van der Waals surface area contributed by atoms with Crippen LogP contribution in [0.3, 0.4) is 0 Å². The lowest BCUT2D eigenvalue weighted by Crippen LogP contribution is -2.30. The minimum absolute atomic E-state index is 0.379. The van der Waals surface area contributed by atoms with Crippen LogP contribution in [0.5, 0.6) is 0 Å². The SMILES string of the molecule is CC(Cn1ccnc1)NCC#Cc1ccccc1. The molecule has 1 aromatic carbocycles. The molecule has 0 aliphatic carbocycles. The molecular weight excluding hydrogens is 222 g/mol. The third-order valence-electron chi connectivity index (χ3n) is 2.59. The van der Waals surface area contributed by atoms with Gasteiger partial charge in [0.2, 0.25) is 0 Å². The Balaban J connectivity index is 1.74. The highest BCUT2D eigenvalue weighted by atomic mass is 15.1. The zero-order valence-corrected chi connectivity index (χ0v) is 10.5.